The third kappa shape index (κ3) is 2.27. The highest BCUT2D eigenvalue weighted by molar-refractivity contribution is 5.34. The molecule has 1 N–H and O–H groups in total. The molecule has 2 aromatic rings. The third-order valence-electron chi connectivity index (χ3n) is 2.65. The maximum absolute atomic E-state index is 4.28. The quantitative estimate of drug-likeness (QED) is 0.835. The molecule has 0 radical (unpaired) electrons. The van der Waals surface area contributed by atoms with Gasteiger partial charge in [-0.05, 0) is 18.6 Å². The van der Waals surface area contributed by atoms with Crippen LogP contribution in [-0.2, 0) is 20.1 Å². The first kappa shape index (κ1) is 10.8. The van der Waals surface area contributed by atoms with Gasteiger partial charge < -0.3 is 9.88 Å². The molecule has 2 heterocycles. The zero-order valence-corrected chi connectivity index (χ0v) is 9.85. The largest absolute Gasteiger partial charge is 0.365 e. The van der Waals surface area contributed by atoms with E-state index in [2.05, 4.69) is 47.3 Å². The van der Waals surface area contributed by atoms with Crippen molar-refractivity contribution >= 4 is 5.82 Å². The fourth-order valence-corrected chi connectivity index (χ4v) is 1.73. The van der Waals surface area contributed by atoms with Crippen LogP contribution in [-0.4, -0.2) is 14.3 Å². The molecule has 0 fully saturated rings. The molecule has 16 heavy (non-hydrogen) atoms. The molecule has 0 aromatic carbocycles. The minimum atomic E-state index is 0.832. The minimum Gasteiger partial charge on any atom is -0.365 e. The number of hydrogen-bond acceptors (Lipinski definition) is 2. The Morgan fingerprint density at radius 1 is 1.38 bits per heavy atom. The normalized spacial score (nSPS) is 10.6. The summed E-state index contributed by atoms with van der Waals surface area (Å²) in [7, 11) is 2.06. The number of aromatic nitrogens is 3. The first-order valence-corrected chi connectivity index (χ1v) is 5.67. The van der Waals surface area contributed by atoms with E-state index in [-0.39, 0.29) is 0 Å². The highest BCUT2D eigenvalue weighted by atomic mass is 15.3. The summed E-state index contributed by atoms with van der Waals surface area (Å²) in [5.74, 6) is 1.09. The fraction of sp³-hybridized carbons (Fsp3) is 0.417. The maximum atomic E-state index is 4.28. The van der Waals surface area contributed by atoms with Gasteiger partial charge in [0.05, 0.1) is 12.7 Å². The molecule has 0 saturated heterocycles. The first-order valence-electron chi connectivity index (χ1n) is 5.67. The van der Waals surface area contributed by atoms with Gasteiger partial charge in [0, 0.05) is 31.5 Å². The van der Waals surface area contributed by atoms with Crippen LogP contribution in [0.1, 0.15) is 19.0 Å². The fourth-order valence-electron chi connectivity index (χ4n) is 1.73. The summed E-state index contributed by atoms with van der Waals surface area (Å²) in [6.07, 6.45) is 4.99. The van der Waals surface area contributed by atoms with Crippen molar-refractivity contribution in [1.29, 1.82) is 0 Å². The lowest BCUT2D eigenvalue weighted by molar-refractivity contribution is 0.606. The van der Waals surface area contributed by atoms with E-state index in [0.717, 1.165) is 25.3 Å². The Morgan fingerprint density at radius 2 is 2.25 bits per heavy atom. The van der Waals surface area contributed by atoms with E-state index in [1.165, 1.54) is 5.69 Å². The molecule has 0 spiro atoms. The highest BCUT2D eigenvalue weighted by Gasteiger charge is 2.02. The van der Waals surface area contributed by atoms with Crippen molar-refractivity contribution in [2.24, 2.45) is 7.05 Å². The number of aryl methyl sites for hydroxylation is 2. The van der Waals surface area contributed by atoms with Gasteiger partial charge in [-0.2, -0.15) is 5.10 Å². The second-order valence-corrected chi connectivity index (χ2v) is 3.90. The Hall–Kier alpha value is -1.71. The van der Waals surface area contributed by atoms with Crippen LogP contribution in [0.25, 0.3) is 0 Å². The van der Waals surface area contributed by atoms with Crippen molar-refractivity contribution in [2.45, 2.75) is 26.4 Å². The molecule has 0 unspecified atom stereocenters. The average molecular weight is 218 g/mol. The minimum absolute atomic E-state index is 0.832. The Bertz CT molecular complexity index is 441. The molecule has 0 aliphatic heterocycles. The lowest BCUT2D eigenvalue weighted by Crippen LogP contribution is -2.09. The average Bonchev–Trinajstić information content (AvgIpc) is 2.86. The van der Waals surface area contributed by atoms with E-state index in [1.54, 1.807) is 0 Å². The van der Waals surface area contributed by atoms with E-state index in [4.69, 9.17) is 0 Å². The Morgan fingerprint density at radius 3 is 2.94 bits per heavy atom. The van der Waals surface area contributed by atoms with Gasteiger partial charge in [0.15, 0.2) is 0 Å². The van der Waals surface area contributed by atoms with Crippen LogP contribution in [0, 0.1) is 0 Å². The van der Waals surface area contributed by atoms with E-state index in [1.807, 2.05) is 16.9 Å². The maximum Gasteiger partial charge on any atom is 0.124 e. The Balaban J connectivity index is 1.99. The third-order valence-corrected chi connectivity index (χ3v) is 2.65. The van der Waals surface area contributed by atoms with Gasteiger partial charge in [0.1, 0.15) is 5.82 Å². The van der Waals surface area contributed by atoms with Crippen molar-refractivity contribution in [3.05, 3.63) is 36.3 Å². The summed E-state index contributed by atoms with van der Waals surface area (Å²) < 4.78 is 4.12. The summed E-state index contributed by atoms with van der Waals surface area (Å²) in [5, 5.41) is 7.68. The van der Waals surface area contributed by atoms with Crippen molar-refractivity contribution in [3.63, 3.8) is 0 Å². The van der Waals surface area contributed by atoms with Crippen molar-refractivity contribution in [3.8, 4) is 0 Å². The van der Waals surface area contributed by atoms with Gasteiger partial charge in [-0.3, -0.25) is 0 Å². The number of nitrogens with one attached hydrogen (secondary N) is 1. The SMILES string of the molecule is CCCn1nccc1NCc1cccn1C. The van der Waals surface area contributed by atoms with Crippen LogP contribution in [0.4, 0.5) is 5.82 Å². The Kier molecular flexibility index (Phi) is 3.29. The van der Waals surface area contributed by atoms with Crippen molar-refractivity contribution in [1.82, 2.24) is 14.3 Å². The van der Waals surface area contributed by atoms with Crippen LogP contribution < -0.4 is 5.32 Å². The molecule has 2 aromatic heterocycles. The molecular weight excluding hydrogens is 200 g/mol. The van der Waals surface area contributed by atoms with Crippen LogP contribution in [0.3, 0.4) is 0 Å². The van der Waals surface area contributed by atoms with E-state index < -0.39 is 0 Å². The number of rotatable bonds is 5. The molecule has 0 aliphatic rings. The van der Waals surface area contributed by atoms with E-state index in [9.17, 15) is 0 Å². The monoisotopic (exact) mass is 218 g/mol. The molecule has 4 heteroatoms. The predicted molar refractivity (Wildman–Crippen MR) is 65.3 cm³/mol. The zero-order valence-electron chi connectivity index (χ0n) is 9.85. The van der Waals surface area contributed by atoms with Gasteiger partial charge >= 0.3 is 0 Å². The van der Waals surface area contributed by atoms with E-state index >= 15 is 0 Å². The summed E-state index contributed by atoms with van der Waals surface area (Å²) in [6.45, 7) is 3.95. The van der Waals surface area contributed by atoms with Crippen LogP contribution >= 0.6 is 0 Å². The molecule has 2 rings (SSSR count). The predicted octanol–water partition coefficient (Wildman–Crippen LogP) is 2.24. The molecule has 0 atom stereocenters. The van der Waals surface area contributed by atoms with Crippen molar-refractivity contribution in [2.75, 3.05) is 5.32 Å². The molecule has 0 aliphatic carbocycles. The topological polar surface area (TPSA) is 34.8 Å². The van der Waals surface area contributed by atoms with Crippen molar-refractivity contribution < 1.29 is 0 Å². The van der Waals surface area contributed by atoms with Gasteiger partial charge in [-0.25, -0.2) is 4.68 Å². The van der Waals surface area contributed by atoms with Gasteiger partial charge in [0.25, 0.3) is 0 Å². The van der Waals surface area contributed by atoms with Crippen LogP contribution in [0.2, 0.25) is 0 Å². The lowest BCUT2D eigenvalue weighted by atomic mass is 10.4. The lowest BCUT2D eigenvalue weighted by Gasteiger charge is -2.09. The molecule has 0 amide bonds. The summed E-state index contributed by atoms with van der Waals surface area (Å²) in [5.41, 5.74) is 1.27. The second-order valence-electron chi connectivity index (χ2n) is 3.90. The second kappa shape index (κ2) is 4.88. The van der Waals surface area contributed by atoms with Crippen LogP contribution in [0.15, 0.2) is 30.6 Å². The number of hydrogen-bond donors (Lipinski definition) is 1. The standard InChI is InChI=1S/C12H18N4/c1-3-8-16-12(6-7-14-16)13-10-11-5-4-9-15(11)2/h4-7,9,13H,3,8,10H2,1-2H3. The summed E-state index contributed by atoms with van der Waals surface area (Å²) >= 11 is 0. The number of anilines is 1. The van der Waals surface area contributed by atoms with Gasteiger partial charge in [-0.15, -0.1) is 0 Å². The summed E-state index contributed by atoms with van der Waals surface area (Å²) in [6, 6.07) is 6.19. The Labute approximate surface area is 95.9 Å². The van der Waals surface area contributed by atoms with E-state index in [0.29, 0.717) is 0 Å². The van der Waals surface area contributed by atoms with Gasteiger partial charge in [0.2, 0.25) is 0 Å². The van der Waals surface area contributed by atoms with Gasteiger partial charge in [-0.1, -0.05) is 6.92 Å². The number of nitrogens with zero attached hydrogens (tertiary/aromatic N) is 3. The highest BCUT2D eigenvalue weighted by Crippen LogP contribution is 2.09. The first-order chi connectivity index (χ1) is 7.81. The molecule has 86 valence electrons. The zero-order chi connectivity index (χ0) is 11.4. The smallest absolute Gasteiger partial charge is 0.124 e. The summed E-state index contributed by atoms with van der Waals surface area (Å²) in [4.78, 5) is 0. The van der Waals surface area contributed by atoms with Crippen LogP contribution in [0.5, 0.6) is 0 Å². The molecule has 4 nitrogen and oxygen atoms in total. The molecule has 0 saturated carbocycles. The molecular formula is C12H18N4. The molecule has 0 bridgehead atoms.